The van der Waals surface area contributed by atoms with E-state index in [9.17, 15) is 4.79 Å². The molecule has 0 unspecified atom stereocenters. The SMILES string of the molecule is COc1ccc(CN(C)c2cc(Cl)nc3c2ncn3OC(=O)c2ccccc2)cc1OC. The average Bonchev–Trinajstić information content (AvgIpc) is 3.21. The minimum Gasteiger partial charge on any atom is -0.493 e. The third-order valence-electron chi connectivity index (χ3n) is 4.89. The number of hydrogen-bond acceptors (Lipinski definition) is 7. The van der Waals surface area contributed by atoms with E-state index in [0.29, 0.717) is 34.8 Å². The molecule has 0 N–H and O–H groups in total. The van der Waals surface area contributed by atoms with E-state index in [1.165, 1.54) is 11.1 Å². The van der Waals surface area contributed by atoms with Crippen LogP contribution in [0.2, 0.25) is 5.15 Å². The molecular weight excluding hydrogens is 432 g/mol. The van der Waals surface area contributed by atoms with E-state index in [4.69, 9.17) is 25.9 Å². The minimum absolute atomic E-state index is 0.254. The van der Waals surface area contributed by atoms with Gasteiger partial charge in [0.15, 0.2) is 17.1 Å². The van der Waals surface area contributed by atoms with Crippen LogP contribution in [0.3, 0.4) is 0 Å². The fraction of sp³-hybridized carbons (Fsp3) is 0.174. The second kappa shape index (κ2) is 9.15. The monoisotopic (exact) mass is 452 g/mol. The van der Waals surface area contributed by atoms with E-state index in [1.807, 2.05) is 36.2 Å². The molecule has 2 aromatic heterocycles. The van der Waals surface area contributed by atoms with Gasteiger partial charge in [-0.15, -0.1) is 4.73 Å². The Balaban J connectivity index is 1.63. The fourth-order valence-corrected chi connectivity index (χ4v) is 3.52. The molecule has 164 valence electrons. The van der Waals surface area contributed by atoms with Crippen LogP contribution in [0.1, 0.15) is 15.9 Å². The van der Waals surface area contributed by atoms with Crippen molar-refractivity contribution in [2.24, 2.45) is 0 Å². The van der Waals surface area contributed by atoms with Crippen LogP contribution in [0.25, 0.3) is 11.2 Å². The summed E-state index contributed by atoms with van der Waals surface area (Å²) in [4.78, 5) is 28.6. The molecule has 9 heteroatoms. The van der Waals surface area contributed by atoms with Crippen LogP contribution in [0.5, 0.6) is 11.5 Å². The van der Waals surface area contributed by atoms with Crippen LogP contribution < -0.4 is 19.2 Å². The number of ether oxygens (including phenoxy) is 2. The van der Waals surface area contributed by atoms with Gasteiger partial charge < -0.3 is 19.2 Å². The zero-order chi connectivity index (χ0) is 22.7. The van der Waals surface area contributed by atoms with Gasteiger partial charge in [0.25, 0.3) is 0 Å². The first kappa shape index (κ1) is 21.5. The lowest BCUT2D eigenvalue weighted by atomic mass is 10.2. The van der Waals surface area contributed by atoms with Gasteiger partial charge in [0.05, 0.1) is 25.5 Å². The highest BCUT2D eigenvalue weighted by molar-refractivity contribution is 6.30. The second-order valence-electron chi connectivity index (χ2n) is 7.00. The molecule has 0 aliphatic rings. The van der Waals surface area contributed by atoms with E-state index >= 15 is 0 Å². The number of imidazole rings is 1. The summed E-state index contributed by atoms with van der Waals surface area (Å²) in [6.45, 7) is 0.548. The number of fused-ring (bicyclic) bond motifs is 1. The quantitative estimate of drug-likeness (QED) is 0.392. The number of halogens is 1. The highest BCUT2D eigenvalue weighted by Gasteiger charge is 2.18. The smallest absolute Gasteiger partial charge is 0.363 e. The van der Waals surface area contributed by atoms with Gasteiger partial charge in [-0.25, -0.2) is 14.8 Å². The number of carbonyl (C=O) groups is 1. The third-order valence-corrected chi connectivity index (χ3v) is 5.09. The lowest BCUT2D eigenvalue weighted by Crippen LogP contribution is -2.20. The molecule has 0 saturated carbocycles. The molecule has 32 heavy (non-hydrogen) atoms. The van der Waals surface area contributed by atoms with Crippen molar-refractivity contribution in [1.29, 1.82) is 0 Å². The van der Waals surface area contributed by atoms with Crippen LogP contribution in [0, 0.1) is 0 Å². The minimum atomic E-state index is -0.521. The molecule has 2 aromatic carbocycles. The molecule has 0 aliphatic heterocycles. The number of rotatable bonds is 7. The molecule has 2 heterocycles. The van der Waals surface area contributed by atoms with Crippen LogP contribution in [0.4, 0.5) is 5.69 Å². The number of anilines is 1. The van der Waals surface area contributed by atoms with Crippen molar-refractivity contribution in [2.45, 2.75) is 6.54 Å². The number of hydrogen-bond donors (Lipinski definition) is 0. The topological polar surface area (TPSA) is 78.7 Å². The Bertz CT molecular complexity index is 1260. The largest absolute Gasteiger partial charge is 0.493 e. The van der Waals surface area contributed by atoms with E-state index in [-0.39, 0.29) is 5.15 Å². The van der Waals surface area contributed by atoms with Gasteiger partial charge in [-0.2, -0.15) is 0 Å². The number of benzene rings is 2. The highest BCUT2D eigenvalue weighted by Crippen LogP contribution is 2.31. The Kier molecular flexibility index (Phi) is 6.13. The first-order valence-electron chi connectivity index (χ1n) is 9.73. The number of carbonyl (C=O) groups excluding carboxylic acids is 1. The van der Waals surface area contributed by atoms with Gasteiger partial charge >= 0.3 is 5.97 Å². The second-order valence-corrected chi connectivity index (χ2v) is 7.38. The van der Waals surface area contributed by atoms with Crippen molar-refractivity contribution in [2.75, 3.05) is 26.2 Å². The summed E-state index contributed by atoms with van der Waals surface area (Å²) in [7, 11) is 5.11. The molecule has 0 atom stereocenters. The maximum atomic E-state index is 12.4. The molecule has 0 aliphatic carbocycles. The zero-order valence-electron chi connectivity index (χ0n) is 17.8. The summed E-state index contributed by atoms with van der Waals surface area (Å²) in [5.74, 6) is 0.785. The standard InChI is InChI=1S/C23H21ClN4O4/c1-27(13-15-9-10-18(30-2)19(11-15)31-3)17-12-20(24)26-22-21(17)25-14-28(22)32-23(29)16-7-5-4-6-8-16/h4-12,14H,13H2,1-3H3. The Morgan fingerprint density at radius 1 is 1.06 bits per heavy atom. The van der Waals surface area contributed by atoms with Crippen molar-refractivity contribution in [3.63, 3.8) is 0 Å². The van der Waals surface area contributed by atoms with Gasteiger partial charge in [0.1, 0.15) is 17.0 Å². The first-order valence-corrected chi connectivity index (χ1v) is 10.1. The summed E-state index contributed by atoms with van der Waals surface area (Å²) in [6.07, 6.45) is 1.41. The van der Waals surface area contributed by atoms with Crippen LogP contribution >= 0.6 is 11.6 Å². The van der Waals surface area contributed by atoms with Crippen molar-refractivity contribution in [3.8, 4) is 11.5 Å². The van der Waals surface area contributed by atoms with Crippen molar-refractivity contribution in [3.05, 3.63) is 77.2 Å². The highest BCUT2D eigenvalue weighted by atomic mass is 35.5. The van der Waals surface area contributed by atoms with E-state index in [2.05, 4.69) is 9.97 Å². The molecule has 8 nitrogen and oxygen atoms in total. The molecule has 4 rings (SSSR count). The normalized spacial score (nSPS) is 10.8. The Morgan fingerprint density at radius 2 is 1.81 bits per heavy atom. The van der Waals surface area contributed by atoms with E-state index in [0.717, 1.165) is 11.3 Å². The summed E-state index contributed by atoms with van der Waals surface area (Å²) in [5.41, 5.74) is 3.06. The van der Waals surface area contributed by atoms with E-state index in [1.54, 1.807) is 44.6 Å². The molecule has 4 aromatic rings. The lowest BCUT2D eigenvalue weighted by molar-refractivity contribution is 0.0477. The van der Waals surface area contributed by atoms with Crippen molar-refractivity contribution < 1.29 is 19.1 Å². The van der Waals surface area contributed by atoms with Crippen molar-refractivity contribution in [1.82, 2.24) is 14.7 Å². The molecule has 0 amide bonds. The molecule has 0 saturated heterocycles. The Hall–Kier alpha value is -3.78. The number of nitrogens with zero attached hydrogens (tertiary/aromatic N) is 4. The number of methoxy groups -OCH3 is 2. The van der Waals surface area contributed by atoms with Gasteiger partial charge in [-0.1, -0.05) is 35.9 Å². The first-order chi connectivity index (χ1) is 15.5. The Labute approximate surface area is 189 Å². The van der Waals surface area contributed by atoms with Crippen LogP contribution in [-0.2, 0) is 6.54 Å². The van der Waals surface area contributed by atoms with Crippen LogP contribution in [-0.4, -0.2) is 41.9 Å². The summed E-state index contributed by atoms with van der Waals surface area (Å²) in [6, 6.07) is 16.1. The molecule has 0 fully saturated rings. The number of pyridine rings is 1. The summed E-state index contributed by atoms with van der Waals surface area (Å²) in [5, 5.41) is 0.254. The fourth-order valence-electron chi connectivity index (χ4n) is 3.34. The molecule has 0 spiro atoms. The average molecular weight is 453 g/mol. The zero-order valence-corrected chi connectivity index (χ0v) is 18.5. The summed E-state index contributed by atoms with van der Waals surface area (Å²) < 4.78 is 11.9. The van der Waals surface area contributed by atoms with Gasteiger partial charge in [0, 0.05) is 19.7 Å². The molecular formula is C23H21ClN4O4. The summed E-state index contributed by atoms with van der Waals surface area (Å²) >= 11 is 6.28. The van der Waals surface area contributed by atoms with Crippen molar-refractivity contribution >= 4 is 34.4 Å². The number of aromatic nitrogens is 3. The molecule has 0 bridgehead atoms. The van der Waals surface area contributed by atoms with Gasteiger partial charge in [-0.3, -0.25) is 0 Å². The van der Waals surface area contributed by atoms with Crippen LogP contribution in [0.15, 0.2) is 60.9 Å². The van der Waals surface area contributed by atoms with E-state index < -0.39 is 5.97 Å². The van der Waals surface area contributed by atoms with Gasteiger partial charge in [-0.05, 0) is 29.8 Å². The maximum Gasteiger partial charge on any atom is 0.363 e. The van der Waals surface area contributed by atoms with Gasteiger partial charge in [0.2, 0.25) is 0 Å². The lowest BCUT2D eigenvalue weighted by Gasteiger charge is -2.20. The Morgan fingerprint density at radius 3 is 2.53 bits per heavy atom. The predicted molar refractivity (Wildman–Crippen MR) is 122 cm³/mol. The maximum absolute atomic E-state index is 12.4. The molecule has 0 radical (unpaired) electrons. The predicted octanol–water partition coefficient (Wildman–Crippen LogP) is 4.01. The third kappa shape index (κ3) is 4.31.